The first-order valence-corrected chi connectivity index (χ1v) is 4.13. The molecule has 0 aliphatic heterocycles. The Balaban J connectivity index is 4.44. The third kappa shape index (κ3) is 2.47. The van der Waals surface area contributed by atoms with E-state index in [1.165, 1.54) is 21.1 Å². The minimum absolute atomic E-state index is 0.386. The number of esters is 2. The molecule has 0 fully saturated rings. The van der Waals surface area contributed by atoms with Crippen molar-refractivity contribution in [3.8, 4) is 0 Å². The Bertz CT molecular complexity index is 157. The third-order valence-electron chi connectivity index (χ3n) is 1.39. The summed E-state index contributed by atoms with van der Waals surface area (Å²) in [6, 6.07) is 0. The van der Waals surface area contributed by atoms with Crippen LogP contribution in [0.15, 0.2) is 0 Å². The Morgan fingerprint density at radius 3 is 1.64 bits per heavy atom. The molecule has 0 heterocycles. The van der Waals surface area contributed by atoms with Crippen LogP contribution in [-0.4, -0.2) is 54.1 Å². The number of hydrogen-bond acceptors (Lipinski definition) is 4. The maximum atomic E-state index is 10.9. The Kier molecular flexibility index (Phi) is 4.07. The molecule has 0 aliphatic rings. The number of carbonyl (C=O) groups is 2. The van der Waals surface area contributed by atoms with Crippen molar-refractivity contribution in [1.82, 2.24) is 0 Å². The van der Waals surface area contributed by atoms with Crippen LogP contribution in [0.5, 0.6) is 0 Å². The monoisotopic (exact) mass is 168 g/mol. The van der Waals surface area contributed by atoms with Gasteiger partial charge in [0.1, 0.15) is 0 Å². The number of hydrogen-bond donors (Lipinski definition) is 0. The van der Waals surface area contributed by atoms with Crippen molar-refractivity contribution in [2.75, 3.05) is 14.2 Å². The van der Waals surface area contributed by atoms with Gasteiger partial charge in [0, 0.05) is 0 Å². The van der Waals surface area contributed by atoms with E-state index in [0.29, 0.717) is 27.9 Å². The second-order valence-electron chi connectivity index (χ2n) is 2.61. The van der Waals surface area contributed by atoms with E-state index in [1.54, 1.807) is 0 Å². The molecule has 0 aromatic rings. The molecule has 0 bridgehead atoms. The summed E-state index contributed by atoms with van der Waals surface area (Å²) >= 11 is 0.386. The normalized spacial score (nSPS) is 10.6. The van der Waals surface area contributed by atoms with Gasteiger partial charge in [0.05, 0.1) is 0 Å². The van der Waals surface area contributed by atoms with Crippen molar-refractivity contribution in [3.05, 3.63) is 0 Å². The first kappa shape index (κ1) is 10.9. The SMILES string of the molecule is COC(=O)[C](C)([Na])C(=O)OC. The zero-order chi connectivity index (χ0) is 9.07. The summed E-state index contributed by atoms with van der Waals surface area (Å²) in [5, 5.41) is 0. The van der Waals surface area contributed by atoms with Crippen LogP contribution in [0.1, 0.15) is 6.92 Å². The van der Waals surface area contributed by atoms with Crippen molar-refractivity contribution in [2.45, 2.75) is 9.59 Å². The van der Waals surface area contributed by atoms with Crippen LogP contribution >= 0.6 is 0 Å². The van der Waals surface area contributed by atoms with Gasteiger partial charge in [-0.3, -0.25) is 0 Å². The molecule has 0 saturated heterocycles. The fourth-order valence-electron chi connectivity index (χ4n) is 0.594. The second-order valence-corrected chi connectivity index (χ2v) is 4.61. The molecule has 0 rings (SSSR count). The molecule has 0 aromatic heterocycles. The van der Waals surface area contributed by atoms with E-state index in [0.717, 1.165) is 0 Å². The second kappa shape index (κ2) is 4.09. The van der Waals surface area contributed by atoms with Gasteiger partial charge in [-0.15, -0.1) is 0 Å². The number of ether oxygens (including phenoxy) is 2. The third-order valence-corrected chi connectivity index (χ3v) is 2.21. The van der Waals surface area contributed by atoms with Gasteiger partial charge in [-0.1, -0.05) is 0 Å². The number of carbonyl (C=O) groups excluding carboxylic acids is 2. The summed E-state index contributed by atoms with van der Waals surface area (Å²) in [6.07, 6.45) is 0. The number of rotatable bonds is 2. The van der Waals surface area contributed by atoms with Crippen LogP contribution in [-0.2, 0) is 19.1 Å². The van der Waals surface area contributed by atoms with Crippen molar-refractivity contribution in [1.29, 1.82) is 0 Å². The molecule has 5 heteroatoms. The molecule has 0 radical (unpaired) electrons. The molecule has 0 unspecified atom stereocenters. The van der Waals surface area contributed by atoms with Gasteiger partial charge in [-0.25, -0.2) is 0 Å². The van der Waals surface area contributed by atoms with Crippen molar-refractivity contribution in [3.63, 3.8) is 0 Å². The maximum absolute atomic E-state index is 10.9. The number of methoxy groups -OCH3 is 2. The van der Waals surface area contributed by atoms with Gasteiger partial charge < -0.3 is 0 Å². The van der Waals surface area contributed by atoms with E-state index in [2.05, 4.69) is 9.47 Å². The quantitative estimate of drug-likeness (QED) is 0.322. The zero-order valence-electron chi connectivity index (χ0n) is 7.13. The fraction of sp³-hybridized carbons (Fsp3) is 0.667. The van der Waals surface area contributed by atoms with E-state index in [9.17, 15) is 9.59 Å². The van der Waals surface area contributed by atoms with Crippen LogP contribution in [0.2, 0.25) is 2.66 Å². The Hall–Kier alpha value is -0.0600. The van der Waals surface area contributed by atoms with Crippen LogP contribution in [0, 0.1) is 0 Å². The zero-order valence-corrected chi connectivity index (χ0v) is 9.13. The summed E-state index contributed by atoms with van der Waals surface area (Å²) < 4.78 is 7.80. The summed E-state index contributed by atoms with van der Waals surface area (Å²) in [5.41, 5.74) is 0. The minimum atomic E-state index is -1.07. The molecular weight excluding hydrogens is 159 g/mol. The Labute approximate surface area is 82.6 Å². The van der Waals surface area contributed by atoms with E-state index < -0.39 is 14.6 Å². The van der Waals surface area contributed by atoms with E-state index in [-0.39, 0.29) is 0 Å². The first-order valence-electron chi connectivity index (χ1n) is 3.13. The predicted molar refractivity (Wildman–Crippen MR) is 38.2 cm³/mol. The van der Waals surface area contributed by atoms with Crippen molar-refractivity contribution in [2.24, 2.45) is 0 Å². The molecular formula is C6H9NaO4. The van der Waals surface area contributed by atoms with E-state index in [1.807, 2.05) is 0 Å². The summed E-state index contributed by atoms with van der Waals surface area (Å²) in [5.74, 6) is -1.06. The summed E-state index contributed by atoms with van der Waals surface area (Å²) in [4.78, 5) is 21.9. The molecule has 0 N–H and O–H groups in total. The molecule has 0 saturated carbocycles. The van der Waals surface area contributed by atoms with Gasteiger partial charge >= 0.3 is 82.7 Å². The topological polar surface area (TPSA) is 52.6 Å². The van der Waals surface area contributed by atoms with E-state index in [4.69, 9.17) is 0 Å². The van der Waals surface area contributed by atoms with Gasteiger partial charge in [0.15, 0.2) is 0 Å². The average Bonchev–Trinajstić information content (AvgIpc) is 2.01. The molecule has 0 aliphatic carbocycles. The molecule has 11 heavy (non-hydrogen) atoms. The van der Waals surface area contributed by atoms with Crippen molar-refractivity contribution < 1.29 is 19.1 Å². The van der Waals surface area contributed by atoms with Gasteiger partial charge in [-0.05, 0) is 0 Å². The van der Waals surface area contributed by atoms with E-state index >= 15 is 0 Å². The summed E-state index contributed by atoms with van der Waals surface area (Å²) in [7, 11) is 2.50. The standard InChI is InChI=1S/C6H9O4.Na/c1-4(5(7)9-2)6(8)10-3;/h1-3H3;. The van der Waals surface area contributed by atoms with Crippen LogP contribution in [0.3, 0.4) is 0 Å². The fourth-order valence-corrected chi connectivity index (χ4v) is 1.00. The Morgan fingerprint density at radius 1 is 1.18 bits per heavy atom. The molecule has 0 atom stereocenters. The van der Waals surface area contributed by atoms with Crippen LogP contribution in [0.4, 0.5) is 0 Å². The summed E-state index contributed by atoms with van der Waals surface area (Å²) in [6.45, 7) is 1.51. The first-order chi connectivity index (χ1) is 4.96. The molecule has 0 amide bonds. The average molecular weight is 168 g/mol. The molecule has 0 spiro atoms. The Morgan fingerprint density at radius 2 is 1.45 bits per heavy atom. The van der Waals surface area contributed by atoms with Crippen molar-refractivity contribution >= 4 is 39.9 Å². The molecule has 4 nitrogen and oxygen atoms in total. The predicted octanol–water partition coefficient (Wildman–Crippen LogP) is -0.321. The van der Waals surface area contributed by atoms with Crippen LogP contribution in [0.25, 0.3) is 0 Å². The molecule has 58 valence electrons. The van der Waals surface area contributed by atoms with Gasteiger partial charge in [0.25, 0.3) is 0 Å². The van der Waals surface area contributed by atoms with Crippen LogP contribution < -0.4 is 0 Å². The molecule has 0 aromatic carbocycles. The van der Waals surface area contributed by atoms with Gasteiger partial charge in [-0.2, -0.15) is 0 Å². The van der Waals surface area contributed by atoms with Gasteiger partial charge in [0.2, 0.25) is 0 Å².